The van der Waals surface area contributed by atoms with Gasteiger partial charge in [-0.2, -0.15) is 0 Å². The number of carboxylic acids is 1. The van der Waals surface area contributed by atoms with Crippen molar-refractivity contribution >= 4 is 5.97 Å². The fourth-order valence-corrected chi connectivity index (χ4v) is 2.64. The molecule has 1 saturated carbocycles. The summed E-state index contributed by atoms with van der Waals surface area (Å²) in [5.41, 5.74) is 1.29. The van der Waals surface area contributed by atoms with Gasteiger partial charge in [-0.25, -0.2) is 0 Å². The number of rotatable bonds is 4. The highest BCUT2D eigenvalue weighted by Gasteiger charge is 2.27. The van der Waals surface area contributed by atoms with E-state index in [1.807, 2.05) is 12.4 Å². The van der Waals surface area contributed by atoms with Gasteiger partial charge in [0, 0.05) is 25.0 Å². The Morgan fingerprint density at radius 1 is 1.47 bits per heavy atom. The molecular formula is C13H20N2O2. The molecule has 0 aromatic carbocycles. The zero-order chi connectivity index (χ0) is 12.3. The maximum Gasteiger partial charge on any atom is 0.306 e. The minimum atomic E-state index is -0.628. The molecule has 2 N–H and O–H groups in total. The van der Waals surface area contributed by atoms with Crippen LogP contribution in [0.5, 0.6) is 0 Å². The third-order valence-corrected chi connectivity index (χ3v) is 3.76. The van der Waals surface area contributed by atoms with Crippen LogP contribution in [0.15, 0.2) is 18.5 Å². The summed E-state index contributed by atoms with van der Waals surface area (Å²) in [6, 6.07) is 2.61. The van der Waals surface area contributed by atoms with E-state index in [0.717, 1.165) is 32.2 Å². The second-order valence-electron chi connectivity index (χ2n) is 4.98. The van der Waals surface area contributed by atoms with E-state index in [4.69, 9.17) is 5.11 Å². The Morgan fingerprint density at radius 3 is 2.71 bits per heavy atom. The molecule has 1 aromatic rings. The standard InChI is InChI=1S/C13H20N2O2/c1-15(9-10-6-7-14-8-10)12-4-2-11(3-5-12)13(16)17/h6-8,11-12,14H,2-5,9H2,1H3,(H,16,17). The number of hydrogen-bond donors (Lipinski definition) is 2. The monoisotopic (exact) mass is 236 g/mol. The van der Waals surface area contributed by atoms with E-state index in [1.165, 1.54) is 5.56 Å². The minimum absolute atomic E-state index is 0.119. The fraction of sp³-hybridized carbons (Fsp3) is 0.615. The van der Waals surface area contributed by atoms with Gasteiger partial charge in [0.05, 0.1) is 5.92 Å². The number of aromatic amines is 1. The van der Waals surface area contributed by atoms with Crippen molar-refractivity contribution in [1.82, 2.24) is 9.88 Å². The van der Waals surface area contributed by atoms with Gasteiger partial charge in [-0.05, 0) is 44.4 Å². The zero-order valence-electron chi connectivity index (χ0n) is 10.2. The molecule has 94 valence electrons. The Labute approximate surface area is 102 Å². The van der Waals surface area contributed by atoms with E-state index >= 15 is 0 Å². The fourth-order valence-electron chi connectivity index (χ4n) is 2.64. The van der Waals surface area contributed by atoms with E-state index in [0.29, 0.717) is 6.04 Å². The Morgan fingerprint density at radius 2 is 2.18 bits per heavy atom. The van der Waals surface area contributed by atoms with Gasteiger partial charge in [0.15, 0.2) is 0 Å². The van der Waals surface area contributed by atoms with Crippen molar-refractivity contribution in [2.75, 3.05) is 7.05 Å². The molecule has 1 aliphatic carbocycles. The van der Waals surface area contributed by atoms with Gasteiger partial charge in [-0.1, -0.05) is 0 Å². The molecule has 4 nitrogen and oxygen atoms in total. The SMILES string of the molecule is CN(Cc1cc[nH]c1)C1CCC(C(=O)O)CC1. The van der Waals surface area contributed by atoms with Gasteiger partial charge in [0.2, 0.25) is 0 Å². The normalized spacial score (nSPS) is 25.1. The molecule has 0 saturated heterocycles. The van der Waals surface area contributed by atoms with Crippen LogP contribution >= 0.6 is 0 Å². The Hall–Kier alpha value is -1.29. The number of nitrogens with zero attached hydrogens (tertiary/aromatic N) is 1. The molecule has 1 heterocycles. The third kappa shape index (κ3) is 3.09. The van der Waals surface area contributed by atoms with Crippen molar-refractivity contribution in [2.45, 2.75) is 38.3 Å². The highest BCUT2D eigenvalue weighted by atomic mass is 16.4. The average Bonchev–Trinajstić information content (AvgIpc) is 2.82. The Bertz CT molecular complexity index is 354. The van der Waals surface area contributed by atoms with E-state index in [2.05, 4.69) is 23.0 Å². The first-order valence-electron chi connectivity index (χ1n) is 6.21. The summed E-state index contributed by atoms with van der Waals surface area (Å²) in [6.07, 6.45) is 7.58. The van der Waals surface area contributed by atoms with Crippen LogP contribution in [0, 0.1) is 5.92 Å². The number of nitrogens with one attached hydrogen (secondary N) is 1. The van der Waals surface area contributed by atoms with E-state index < -0.39 is 5.97 Å². The van der Waals surface area contributed by atoms with Gasteiger partial charge < -0.3 is 10.1 Å². The summed E-state index contributed by atoms with van der Waals surface area (Å²) < 4.78 is 0. The van der Waals surface area contributed by atoms with Crippen LogP contribution in [-0.2, 0) is 11.3 Å². The maximum absolute atomic E-state index is 10.9. The van der Waals surface area contributed by atoms with Gasteiger partial charge in [0.25, 0.3) is 0 Å². The van der Waals surface area contributed by atoms with Crippen LogP contribution in [0.1, 0.15) is 31.2 Å². The predicted octanol–water partition coefficient (Wildman–Crippen LogP) is 2.09. The molecular weight excluding hydrogens is 216 g/mol. The molecule has 1 aromatic heterocycles. The van der Waals surface area contributed by atoms with Gasteiger partial charge >= 0.3 is 5.97 Å². The van der Waals surface area contributed by atoms with Crippen LogP contribution in [0.3, 0.4) is 0 Å². The lowest BCUT2D eigenvalue weighted by molar-refractivity contribution is -0.143. The molecule has 17 heavy (non-hydrogen) atoms. The van der Waals surface area contributed by atoms with Crippen LogP contribution < -0.4 is 0 Å². The molecule has 1 aliphatic rings. The highest BCUT2D eigenvalue weighted by molar-refractivity contribution is 5.70. The number of aromatic nitrogens is 1. The molecule has 4 heteroatoms. The number of aliphatic carboxylic acids is 1. The van der Waals surface area contributed by atoms with Crippen molar-refractivity contribution < 1.29 is 9.90 Å². The van der Waals surface area contributed by atoms with Gasteiger partial charge in [-0.3, -0.25) is 9.69 Å². The maximum atomic E-state index is 10.9. The lowest BCUT2D eigenvalue weighted by Crippen LogP contribution is -2.36. The lowest BCUT2D eigenvalue weighted by Gasteiger charge is -2.33. The highest BCUT2D eigenvalue weighted by Crippen LogP contribution is 2.27. The van der Waals surface area contributed by atoms with Crippen molar-refractivity contribution in [3.63, 3.8) is 0 Å². The summed E-state index contributed by atoms with van der Waals surface area (Å²) in [5.74, 6) is -0.747. The first-order valence-corrected chi connectivity index (χ1v) is 6.21. The summed E-state index contributed by atoms with van der Waals surface area (Å²) in [7, 11) is 2.12. The zero-order valence-corrected chi connectivity index (χ0v) is 10.2. The molecule has 0 bridgehead atoms. The first kappa shape index (κ1) is 12.2. The predicted molar refractivity (Wildman–Crippen MR) is 65.6 cm³/mol. The largest absolute Gasteiger partial charge is 0.481 e. The van der Waals surface area contributed by atoms with Crippen LogP contribution in [0.4, 0.5) is 0 Å². The Balaban J connectivity index is 1.82. The lowest BCUT2D eigenvalue weighted by atomic mass is 9.85. The third-order valence-electron chi connectivity index (χ3n) is 3.76. The number of carbonyl (C=O) groups is 1. The average molecular weight is 236 g/mol. The molecule has 0 amide bonds. The van der Waals surface area contributed by atoms with Crippen LogP contribution in [0.2, 0.25) is 0 Å². The first-order chi connectivity index (χ1) is 8.16. The molecule has 0 spiro atoms. The van der Waals surface area contributed by atoms with E-state index in [1.54, 1.807) is 0 Å². The topological polar surface area (TPSA) is 56.3 Å². The summed E-state index contributed by atoms with van der Waals surface area (Å²) in [5, 5.41) is 8.95. The number of hydrogen-bond acceptors (Lipinski definition) is 2. The number of H-pyrrole nitrogens is 1. The molecule has 1 fully saturated rings. The second kappa shape index (κ2) is 5.36. The smallest absolute Gasteiger partial charge is 0.306 e. The van der Waals surface area contributed by atoms with E-state index in [9.17, 15) is 4.79 Å². The summed E-state index contributed by atoms with van der Waals surface area (Å²) in [6.45, 7) is 0.936. The Kier molecular flexibility index (Phi) is 3.84. The molecule has 0 aliphatic heterocycles. The van der Waals surface area contributed by atoms with E-state index in [-0.39, 0.29) is 5.92 Å². The molecule has 0 atom stereocenters. The summed E-state index contributed by atoms with van der Waals surface area (Å²) >= 11 is 0. The van der Waals surface area contributed by atoms with Crippen molar-refractivity contribution in [1.29, 1.82) is 0 Å². The van der Waals surface area contributed by atoms with Crippen molar-refractivity contribution in [3.05, 3.63) is 24.0 Å². The van der Waals surface area contributed by atoms with Crippen LogP contribution in [-0.4, -0.2) is 34.0 Å². The minimum Gasteiger partial charge on any atom is -0.481 e. The molecule has 0 unspecified atom stereocenters. The number of carboxylic acid groups (broad SMARTS) is 1. The summed E-state index contributed by atoms with van der Waals surface area (Å²) in [4.78, 5) is 16.3. The second-order valence-corrected chi connectivity index (χ2v) is 4.98. The van der Waals surface area contributed by atoms with Gasteiger partial charge in [0.1, 0.15) is 0 Å². The van der Waals surface area contributed by atoms with Crippen molar-refractivity contribution in [2.24, 2.45) is 5.92 Å². The van der Waals surface area contributed by atoms with Crippen LogP contribution in [0.25, 0.3) is 0 Å². The van der Waals surface area contributed by atoms with Crippen molar-refractivity contribution in [3.8, 4) is 0 Å². The quantitative estimate of drug-likeness (QED) is 0.841. The van der Waals surface area contributed by atoms with Gasteiger partial charge in [-0.15, -0.1) is 0 Å². The molecule has 0 radical (unpaired) electrons. The molecule has 2 rings (SSSR count).